The van der Waals surface area contributed by atoms with Crippen LogP contribution in [0.4, 0.5) is 0 Å². The van der Waals surface area contributed by atoms with Gasteiger partial charge in [-0.2, -0.15) is 5.10 Å². The van der Waals surface area contributed by atoms with Crippen LogP contribution in [0.25, 0.3) is 0 Å². The summed E-state index contributed by atoms with van der Waals surface area (Å²) < 4.78 is 1.85. The first-order valence-corrected chi connectivity index (χ1v) is 8.16. The van der Waals surface area contributed by atoms with Gasteiger partial charge < -0.3 is 5.11 Å². The van der Waals surface area contributed by atoms with Gasteiger partial charge in [-0.25, -0.2) is 0 Å². The molecule has 0 radical (unpaired) electrons. The summed E-state index contributed by atoms with van der Waals surface area (Å²) in [5, 5.41) is 14.1. The van der Waals surface area contributed by atoms with Crippen molar-refractivity contribution in [2.24, 2.45) is 5.41 Å². The molecule has 5 nitrogen and oxygen atoms in total. The largest absolute Gasteiger partial charge is 0.481 e. The summed E-state index contributed by atoms with van der Waals surface area (Å²) in [6.45, 7) is 10.7. The molecule has 0 spiro atoms. The van der Waals surface area contributed by atoms with Crippen LogP contribution in [-0.4, -0.2) is 38.8 Å². The Morgan fingerprint density at radius 1 is 1.52 bits per heavy atom. The molecule has 1 N–H and O–H groups in total. The van der Waals surface area contributed by atoms with Crippen molar-refractivity contribution in [2.45, 2.75) is 46.2 Å². The van der Waals surface area contributed by atoms with Crippen molar-refractivity contribution in [1.29, 1.82) is 0 Å². The fourth-order valence-electron chi connectivity index (χ4n) is 3.17. The number of likely N-dealkylation sites (tertiary alicyclic amines) is 1. The summed E-state index contributed by atoms with van der Waals surface area (Å²) in [5.41, 5.74) is 1.64. The summed E-state index contributed by atoms with van der Waals surface area (Å²) in [5.74, 6) is -0.679. The van der Waals surface area contributed by atoms with Gasteiger partial charge >= 0.3 is 5.97 Å². The predicted molar refractivity (Wildman–Crippen MR) is 91.1 cm³/mol. The summed E-state index contributed by atoms with van der Waals surface area (Å²) in [7, 11) is 0. The molecule has 2 rings (SSSR count). The minimum Gasteiger partial charge on any atom is -0.481 e. The number of aliphatic carboxylic acids is 1. The second-order valence-corrected chi connectivity index (χ2v) is 6.74. The monoisotopic (exact) mass is 317 g/mol. The van der Waals surface area contributed by atoms with Crippen molar-refractivity contribution in [2.75, 3.05) is 13.1 Å². The SMILES string of the molecule is C=CCn1cc(CN2CCC[C@@](CC=C(C)C)(C(=O)O)C2)cn1. The van der Waals surface area contributed by atoms with Crippen molar-refractivity contribution in [3.05, 3.63) is 42.3 Å². The third-order valence-electron chi connectivity index (χ3n) is 4.42. The maximum Gasteiger partial charge on any atom is 0.311 e. The molecular weight excluding hydrogens is 290 g/mol. The van der Waals surface area contributed by atoms with Gasteiger partial charge in [-0.15, -0.1) is 6.58 Å². The molecule has 0 aromatic carbocycles. The third kappa shape index (κ3) is 4.55. The minimum absolute atomic E-state index is 0.596. The summed E-state index contributed by atoms with van der Waals surface area (Å²) in [6.07, 6.45) is 10.0. The van der Waals surface area contributed by atoms with Crippen LogP contribution in [0.5, 0.6) is 0 Å². The Bertz CT molecular complexity index is 587. The number of carbonyl (C=O) groups is 1. The zero-order chi connectivity index (χ0) is 16.9. The van der Waals surface area contributed by atoms with E-state index < -0.39 is 11.4 Å². The van der Waals surface area contributed by atoms with Gasteiger partial charge in [0.25, 0.3) is 0 Å². The van der Waals surface area contributed by atoms with E-state index in [2.05, 4.69) is 22.7 Å². The quantitative estimate of drug-likeness (QED) is 0.785. The molecule has 1 aromatic heterocycles. The predicted octanol–water partition coefficient (Wildman–Crippen LogP) is 3.09. The molecule has 0 bridgehead atoms. The second-order valence-electron chi connectivity index (χ2n) is 6.74. The highest BCUT2D eigenvalue weighted by atomic mass is 16.4. The zero-order valence-electron chi connectivity index (χ0n) is 14.2. The maximum atomic E-state index is 11.9. The van der Waals surface area contributed by atoms with Crippen LogP contribution in [0.1, 0.15) is 38.7 Å². The molecule has 1 aliphatic heterocycles. The van der Waals surface area contributed by atoms with E-state index in [9.17, 15) is 9.90 Å². The molecule has 23 heavy (non-hydrogen) atoms. The van der Waals surface area contributed by atoms with Crippen LogP contribution >= 0.6 is 0 Å². The van der Waals surface area contributed by atoms with E-state index in [4.69, 9.17) is 0 Å². The molecule has 1 fully saturated rings. The number of piperidine rings is 1. The van der Waals surface area contributed by atoms with E-state index in [0.29, 0.717) is 19.5 Å². The van der Waals surface area contributed by atoms with Gasteiger partial charge in [-0.05, 0) is 39.7 Å². The molecule has 5 heteroatoms. The second kappa shape index (κ2) is 7.59. The van der Waals surface area contributed by atoms with E-state index in [-0.39, 0.29) is 0 Å². The third-order valence-corrected chi connectivity index (χ3v) is 4.42. The van der Waals surface area contributed by atoms with Gasteiger partial charge in [0, 0.05) is 24.8 Å². The fourth-order valence-corrected chi connectivity index (χ4v) is 3.17. The van der Waals surface area contributed by atoms with E-state index >= 15 is 0 Å². The summed E-state index contributed by atoms with van der Waals surface area (Å²) >= 11 is 0. The number of carboxylic acids is 1. The summed E-state index contributed by atoms with van der Waals surface area (Å²) in [4.78, 5) is 14.1. The van der Waals surface area contributed by atoms with E-state index in [1.54, 1.807) is 0 Å². The Morgan fingerprint density at radius 2 is 2.30 bits per heavy atom. The molecule has 0 unspecified atom stereocenters. The highest BCUT2D eigenvalue weighted by molar-refractivity contribution is 5.75. The van der Waals surface area contributed by atoms with Gasteiger partial charge in [-0.3, -0.25) is 14.4 Å². The molecule has 126 valence electrons. The van der Waals surface area contributed by atoms with E-state index in [1.807, 2.05) is 37.0 Å². The van der Waals surface area contributed by atoms with Crippen LogP contribution < -0.4 is 0 Å². The van der Waals surface area contributed by atoms with Gasteiger partial charge in [-0.1, -0.05) is 17.7 Å². The Balaban J connectivity index is 2.06. The molecule has 0 saturated carbocycles. The smallest absolute Gasteiger partial charge is 0.311 e. The van der Waals surface area contributed by atoms with E-state index in [0.717, 1.165) is 31.5 Å². The van der Waals surface area contributed by atoms with Gasteiger partial charge in [0.1, 0.15) is 0 Å². The topological polar surface area (TPSA) is 58.4 Å². The van der Waals surface area contributed by atoms with Crippen LogP contribution in [0.15, 0.2) is 36.7 Å². The van der Waals surface area contributed by atoms with Crippen molar-refractivity contribution in [1.82, 2.24) is 14.7 Å². The highest BCUT2D eigenvalue weighted by Crippen LogP contribution is 2.35. The first-order valence-electron chi connectivity index (χ1n) is 8.16. The normalized spacial score (nSPS) is 21.8. The van der Waals surface area contributed by atoms with Crippen molar-refractivity contribution in [3.63, 3.8) is 0 Å². The molecule has 0 aliphatic carbocycles. The summed E-state index contributed by atoms with van der Waals surface area (Å²) in [6, 6.07) is 0. The lowest BCUT2D eigenvalue weighted by Gasteiger charge is -2.39. The van der Waals surface area contributed by atoms with Gasteiger partial charge in [0.2, 0.25) is 0 Å². The van der Waals surface area contributed by atoms with E-state index in [1.165, 1.54) is 5.57 Å². The highest BCUT2D eigenvalue weighted by Gasteiger charge is 2.41. The average Bonchev–Trinajstić information content (AvgIpc) is 2.93. The average molecular weight is 317 g/mol. The molecule has 1 aromatic rings. The molecule has 1 saturated heterocycles. The lowest BCUT2D eigenvalue weighted by Crippen LogP contribution is -2.47. The molecule has 0 amide bonds. The van der Waals surface area contributed by atoms with Crippen LogP contribution in [0, 0.1) is 5.41 Å². The lowest BCUT2D eigenvalue weighted by molar-refractivity contribution is -0.152. The fraction of sp³-hybridized carbons (Fsp3) is 0.556. The standard InChI is InChI=1S/C18H27N3O2/c1-4-9-21-13-16(11-19-21)12-20-10-5-7-18(14-20,17(22)23)8-6-15(2)3/h4,6,11,13H,1,5,7-10,12,14H2,2-3H3,(H,22,23)/t18-/m0/s1. The van der Waals surface area contributed by atoms with Gasteiger partial charge in [0.05, 0.1) is 18.2 Å². The Hall–Kier alpha value is -1.88. The zero-order valence-corrected chi connectivity index (χ0v) is 14.2. The first kappa shape index (κ1) is 17.5. The van der Waals surface area contributed by atoms with Gasteiger partial charge in [0.15, 0.2) is 0 Å². The Kier molecular flexibility index (Phi) is 5.77. The van der Waals surface area contributed by atoms with Crippen molar-refractivity contribution >= 4 is 5.97 Å². The van der Waals surface area contributed by atoms with Crippen molar-refractivity contribution < 1.29 is 9.90 Å². The number of hydrogen-bond donors (Lipinski definition) is 1. The van der Waals surface area contributed by atoms with Crippen LogP contribution in [0.3, 0.4) is 0 Å². The maximum absolute atomic E-state index is 11.9. The molecule has 2 heterocycles. The molecular formula is C18H27N3O2. The molecule has 1 aliphatic rings. The number of nitrogens with zero attached hydrogens (tertiary/aromatic N) is 3. The van der Waals surface area contributed by atoms with Crippen molar-refractivity contribution in [3.8, 4) is 0 Å². The number of carboxylic acid groups (broad SMARTS) is 1. The number of hydrogen-bond acceptors (Lipinski definition) is 3. The van der Waals surface area contributed by atoms with Crippen LogP contribution in [-0.2, 0) is 17.9 Å². The van der Waals surface area contributed by atoms with Crippen LogP contribution in [0.2, 0.25) is 0 Å². The minimum atomic E-state index is -0.679. The Morgan fingerprint density at radius 3 is 2.96 bits per heavy atom. The first-order chi connectivity index (χ1) is 10.9. The Labute approximate surface area is 138 Å². The lowest BCUT2D eigenvalue weighted by atomic mass is 9.76. The number of rotatable bonds is 7. The number of aromatic nitrogens is 2. The molecule has 1 atom stereocenters. The number of allylic oxidation sites excluding steroid dienone is 3.